The first-order chi connectivity index (χ1) is 25.6. The van der Waals surface area contributed by atoms with Crippen molar-refractivity contribution >= 4 is 34.8 Å². The second kappa shape index (κ2) is 16.2. The maximum absolute atomic E-state index is 13.0. The van der Waals surface area contributed by atoms with E-state index in [0.29, 0.717) is 22.7 Å². The van der Waals surface area contributed by atoms with Crippen molar-refractivity contribution < 1.29 is 38.1 Å². The van der Waals surface area contributed by atoms with E-state index in [1.165, 1.54) is 12.7 Å². The number of ether oxygens (including phenoxy) is 5. The molecule has 1 aliphatic rings. The molecule has 276 valence electrons. The normalized spacial score (nSPS) is 17.1. The van der Waals surface area contributed by atoms with E-state index in [-0.39, 0.29) is 43.5 Å². The number of carbonyl (C=O) groups excluding carboxylic acids is 3. The van der Waals surface area contributed by atoms with Crippen LogP contribution >= 0.6 is 0 Å². The van der Waals surface area contributed by atoms with Crippen molar-refractivity contribution in [3.8, 4) is 11.5 Å². The Hall–Kier alpha value is -5.86. The van der Waals surface area contributed by atoms with E-state index in [0.717, 1.165) is 16.7 Å². The highest BCUT2D eigenvalue weighted by molar-refractivity contribution is 5.97. The Morgan fingerprint density at radius 3 is 2.09 bits per heavy atom. The van der Waals surface area contributed by atoms with Gasteiger partial charge in [-0.05, 0) is 41.0 Å². The van der Waals surface area contributed by atoms with Crippen molar-refractivity contribution in [3.05, 3.63) is 108 Å². The number of aromatic nitrogens is 4. The van der Waals surface area contributed by atoms with E-state index in [9.17, 15) is 14.4 Å². The molecule has 0 bridgehead atoms. The number of hydrogen-bond donors (Lipinski definition) is 2. The van der Waals surface area contributed by atoms with Crippen LogP contribution in [0.25, 0.3) is 11.2 Å². The van der Waals surface area contributed by atoms with E-state index >= 15 is 0 Å². The lowest BCUT2D eigenvalue weighted by atomic mass is 9.80. The first-order valence-corrected chi connectivity index (χ1v) is 17.2. The van der Waals surface area contributed by atoms with Crippen LogP contribution in [0.15, 0.2) is 91.5 Å². The molecule has 0 radical (unpaired) electrons. The number of hydrogen-bond acceptors (Lipinski definition) is 11. The van der Waals surface area contributed by atoms with Crippen LogP contribution in [-0.2, 0) is 34.2 Å². The Morgan fingerprint density at radius 2 is 1.51 bits per heavy atom. The van der Waals surface area contributed by atoms with E-state index in [2.05, 4.69) is 20.3 Å². The summed E-state index contributed by atoms with van der Waals surface area (Å²) in [5.74, 6) is -0.117. The summed E-state index contributed by atoms with van der Waals surface area (Å²) in [6.45, 7) is 3.61. The minimum Gasteiger partial charge on any atom is -0.497 e. The summed E-state index contributed by atoms with van der Waals surface area (Å²) in [7, 11) is 3.23. The fraction of sp³-hybridized carbons (Fsp3) is 0.333. The van der Waals surface area contributed by atoms with Gasteiger partial charge in [-0.1, -0.05) is 68.4 Å². The van der Waals surface area contributed by atoms with Crippen LogP contribution in [0, 0.1) is 5.92 Å². The Morgan fingerprint density at radius 1 is 0.887 bits per heavy atom. The third-order valence-electron chi connectivity index (χ3n) is 9.06. The van der Waals surface area contributed by atoms with Crippen molar-refractivity contribution in [1.82, 2.24) is 19.5 Å². The molecule has 1 aliphatic heterocycles. The molecule has 14 heteroatoms. The van der Waals surface area contributed by atoms with E-state index < -0.39 is 35.9 Å². The largest absolute Gasteiger partial charge is 0.497 e. The highest BCUT2D eigenvalue weighted by Crippen LogP contribution is 2.43. The van der Waals surface area contributed by atoms with Crippen LogP contribution in [0.2, 0.25) is 0 Å². The predicted molar refractivity (Wildman–Crippen MR) is 194 cm³/mol. The van der Waals surface area contributed by atoms with Gasteiger partial charge in [-0.15, -0.1) is 0 Å². The third kappa shape index (κ3) is 7.98. The van der Waals surface area contributed by atoms with E-state index in [1.54, 1.807) is 32.6 Å². The van der Waals surface area contributed by atoms with Gasteiger partial charge in [0.25, 0.3) is 0 Å². The zero-order valence-electron chi connectivity index (χ0n) is 29.9. The van der Waals surface area contributed by atoms with Gasteiger partial charge < -0.3 is 34.7 Å². The second-order valence-corrected chi connectivity index (χ2v) is 12.9. The van der Waals surface area contributed by atoms with E-state index in [1.807, 2.05) is 78.9 Å². The number of primary amides is 1. The zero-order chi connectivity index (χ0) is 37.5. The molecule has 1 saturated heterocycles. The Balaban J connectivity index is 1.37. The molecule has 3 heterocycles. The van der Waals surface area contributed by atoms with Crippen molar-refractivity contribution in [2.45, 2.75) is 57.1 Å². The van der Waals surface area contributed by atoms with Gasteiger partial charge in [0.15, 0.2) is 23.2 Å². The number of benzene rings is 3. The van der Waals surface area contributed by atoms with Gasteiger partial charge in [-0.2, -0.15) is 0 Å². The van der Waals surface area contributed by atoms with Gasteiger partial charge in [0.1, 0.15) is 29.5 Å². The molecule has 14 nitrogen and oxygen atoms in total. The molecule has 3 N–H and O–H groups in total. The lowest BCUT2D eigenvalue weighted by Gasteiger charge is -2.37. The molecular formula is C39H42N6O8. The quantitative estimate of drug-likeness (QED) is 0.111. The fourth-order valence-corrected chi connectivity index (χ4v) is 6.31. The molecule has 3 aromatic carbocycles. The van der Waals surface area contributed by atoms with Crippen LogP contribution in [0.1, 0.15) is 56.0 Å². The van der Waals surface area contributed by atoms with Crippen molar-refractivity contribution in [1.29, 1.82) is 0 Å². The summed E-state index contributed by atoms with van der Waals surface area (Å²) in [5, 5.41) is 2.79. The second-order valence-electron chi connectivity index (χ2n) is 12.9. The number of fused-ring (bicyclic) bond motifs is 1. The molecule has 2 amide bonds. The Labute approximate surface area is 306 Å². The van der Waals surface area contributed by atoms with Crippen molar-refractivity contribution in [2.24, 2.45) is 11.7 Å². The molecule has 53 heavy (non-hydrogen) atoms. The van der Waals surface area contributed by atoms with Crippen molar-refractivity contribution in [2.75, 3.05) is 26.1 Å². The molecule has 5 aromatic rings. The molecule has 6 rings (SSSR count). The van der Waals surface area contributed by atoms with Gasteiger partial charge in [0.2, 0.25) is 11.8 Å². The summed E-state index contributed by atoms with van der Waals surface area (Å²) >= 11 is 0. The summed E-state index contributed by atoms with van der Waals surface area (Å²) in [4.78, 5) is 50.1. The number of nitrogens with one attached hydrogen (secondary N) is 1. The third-order valence-corrected chi connectivity index (χ3v) is 9.06. The average Bonchev–Trinajstić information content (AvgIpc) is 3.79. The maximum Gasteiger partial charge on any atom is 0.306 e. The number of amides is 2. The number of imidazole rings is 1. The lowest BCUT2D eigenvalue weighted by Crippen LogP contribution is -2.35. The summed E-state index contributed by atoms with van der Waals surface area (Å²) in [6, 6.07) is 25.2. The van der Waals surface area contributed by atoms with Crippen LogP contribution in [0.3, 0.4) is 0 Å². The smallest absolute Gasteiger partial charge is 0.306 e. The van der Waals surface area contributed by atoms with Crippen LogP contribution in [-0.4, -0.2) is 70.3 Å². The van der Waals surface area contributed by atoms with Crippen LogP contribution in [0.4, 0.5) is 5.82 Å². The molecule has 0 unspecified atom stereocenters. The first kappa shape index (κ1) is 36.9. The van der Waals surface area contributed by atoms with E-state index in [4.69, 9.17) is 29.4 Å². The maximum atomic E-state index is 13.0. The first-order valence-electron chi connectivity index (χ1n) is 17.2. The van der Waals surface area contributed by atoms with Gasteiger partial charge in [-0.25, -0.2) is 15.0 Å². The average molecular weight is 723 g/mol. The van der Waals surface area contributed by atoms with Crippen LogP contribution in [0.5, 0.6) is 11.5 Å². The Bertz CT molecular complexity index is 1990. The zero-order valence-corrected chi connectivity index (χ0v) is 29.9. The number of nitrogens with two attached hydrogens (primary N) is 1. The number of esters is 1. The predicted octanol–water partition coefficient (Wildman–Crippen LogP) is 4.91. The standard InChI is InChI=1S/C39H42N6O8/c1-24(2)37(48)44-35-34-36(42-22-41-35)45(23-43-34)38-31(53-33(47)19-18-32(40)46)20-30(52-38)21-51-39(25-8-6-5-7-9-25,26-10-14-28(49-3)15-11-26)27-12-16-29(50-4)17-13-27/h5-17,22-24,30-31,38H,18-21H2,1-4H3,(H2,40,46)(H,41,42,44,48)/t30-,31+,38+/m0/s1. The number of anilines is 1. The van der Waals surface area contributed by atoms with Gasteiger partial charge in [-0.3, -0.25) is 19.0 Å². The molecular weight excluding hydrogens is 680 g/mol. The number of nitrogens with zero attached hydrogens (tertiary/aromatic N) is 4. The number of rotatable bonds is 15. The minimum absolute atomic E-state index is 0.0656. The molecule has 2 aromatic heterocycles. The van der Waals surface area contributed by atoms with Gasteiger partial charge in [0, 0.05) is 18.8 Å². The SMILES string of the molecule is COc1ccc(C(OC[C@@H]2C[C@@H](OC(=O)CCC(N)=O)[C@H](n3cnc4c(NC(=O)C(C)C)ncnc43)O2)(c2ccccc2)c2ccc(OC)cc2)cc1. The highest BCUT2D eigenvalue weighted by Gasteiger charge is 2.44. The summed E-state index contributed by atoms with van der Waals surface area (Å²) < 4.78 is 32.2. The molecule has 0 saturated carbocycles. The number of methoxy groups -OCH3 is 2. The minimum atomic E-state index is -1.12. The number of carbonyl (C=O) groups is 3. The fourth-order valence-electron chi connectivity index (χ4n) is 6.31. The molecule has 3 atom stereocenters. The molecule has 0 spiro atoms. The van der Waals surface area contributed by atoms with Gasteiger partial charge in [0.05, 0.1) is 39.7 Å². The summed E-state index contributed by atoms with van der Waals surface area (Å²) in [5.41, 5.74) is 7.43. The van der Waals surface area contributed by atoms with Crippen LogP contribution < -0.4 is 20.5 Å². The molecule has 1 fully saturated rings. The lowest BCUT2D eigenvalue weighted by molar-refractivity contribution is -0.156. The monoisotopic (exact) mass is 722 g/mol. The Kier molecular flexibility index (Phi) is 11.3. The van der Waals surface area contributed by atoms with Crippen molar-refractivity contribution in [3.63, 3.8) is 0 Å². The molecule has 0 aliphatic carbocycles. The topological polar surface area (TPSA) is 179 Å². The summed E-state index contributed by atoms with van der Waals surface area (Å²) in [6.07, 6.45) is 0.416. The van der Waals surface area contributed by atoms with Gasteiger partial charge >= 0.3 is 5.97 Å². The highest BCUT2D eigenvalue weighted by atomic mass is 16.6.